The highest BCUT2D eigenvalue weighted by Crippen LogP contribution is 2.36. The summed E-state index contributed by atoms with van der Waals surface area (Å²) in [6.45, 7) is -0.556. The molecular formula is C42H38F4N4O6S. The minimum atomic E-state index is -5.18. The van der Waals surface area contributed by atoms with Gasteiger partial charge in [-0.2, -0.15) is 4.31 Å². The minimum Gasteiger partial charge on any atom is -0.488 e. The van der Waals surface area contributed by atoms with Crippen molar-refractivity contribution in [3.05, 3.63) is 149 Å². The van der Waals surface area contributed by atoms with Gasteiger partial charge in [-0.3, -0.25) is 14.8 Å². The van der Waals surface area contributed by atoms with E-state index in [9.17, 15) is 35.6 Å². The van der Waals surface area contributed by atoms with Gasteiger partial charge in [-0.15, -0.1) is 0 Å². The monoisotopic (exact) mass is 802 g/mol. The SMILES string of the molecule is O=C(OCc1ccccc1)c1ccc(N(Cc2cnc(C3CCCCC3)cn2)C(=O)[C@H]2CCN2S(=O)(=O)c2c(F)cc(F)c(F)c2F)cc1OCc1ccccc1. The van der Waals surface area contributed by atoms with E-state index in [1.165, 1.54) is 29.3 Å². The smallest absolute Gasteiger partial charge is 0.342 e. The largest absolute Gasteiger partial charge is 0.488 e. The maximum atomic E-state index is 14.8. The van der Waals surface area contributed by atoms with Crippen molar-refractivity contribution < 1.29 is 45.0 Å². The third-order valence-electron chi connectivity index (χ3n) is 10.2. The van der Waals surface area contributed by atoms with E-state index in [4.69, 9.17) is 9.47 Å². The summed E-state index contributed by atoms with van der Waals surface area (Å²) >= 11 is 0. The fraction of sp³-hybridized carbons (Fsp3) is 0.286. The summed E-state index contributed by atoms with van der Waals surface area (Å²) in [6, 6.07) is 21.0. The number of ether oxygens (including phenoxy) is 2. The van der Waals surface area contributed by atoms with Crippen molar-refractivity contribution in [1.82, 2.24) is 14.3 Å². The average Bonchev–Trinajstić information content (AvgIpc) is 3.20. The summed E-state index contributed by atoms with van der Waals surface area (Å²) in [6.07, 6.45) is 8.42. The predicted molar refractivity (Wildman–Crippen MR) is 200 cm³/mol. The van der Waals surface area contributed by atoms with Crippen molar-refractivity contribution in [2.45, 2.75) is 75.1 Å². The van der Waals surface area contributed by atoms with E-state index >= 15 is 0 Å². The van der Waals surface area contributed by atoms with Crippen LogP contribution in [0.2, 0.25) is 0 Å². The number of hydrogen-bond acceptors (Lipinski definition) is 8. The highest BCUT2D eigenvalue weighted by molar-refractivity contribution is 7.89. The van der Waals surface area contributed by atoms with Crippen LogP contribution in [0.15, 0.2) is 102 Å². The number of halogens is 4. The number of anilines is 1. The molecule has 2 fully saturated rings. The second-order valence-corrected chi connectivity index (χ2v) is 15.8. The molecule has 296 valence electrons. The molecule has 10 nitrogen and oxygen atoms in total. The molecule has 1 amide bonds. The van der Waals surface area contributed by atoms with E-state index in [-0.39, 0.29) is 61.7 Å². The molecule has 1 aromatic heterocycles. The molecule has 0 unspecified atom stereocenters. The average molecular weight is 803 g/mol. The van der Waals surface area contributed by atoms with E-state index in [0.29, 0.717) is 10.00 Å². The zero-order valence-corrected chi connectivity index (χ0v) is 31.4. The van der Waals surface area contributed by atoms with Crippen LogP contribution in [0.3, 0.4) is 0 Å². The lowest BCUT2D eigenvalue weighted by Gasteiger charge is -2.41. The molecule has 2 heterocycles. The Bertz CT molecular complexity index is 2350. The standard InChI is InChI=1S/C42H38F4N4O6S/c43-33-21-34(44)40(39(46)38(33)45)57(53,54)50-19-18-36(50)41(51)49(24-30-22-48-35(23-47-30)29-14-8-3-9-15-29)31-16-17-32(42(52)56-26-28-12-6-2-7-13-28)37(20-31)55-25-27-10-4-1-5-11-27/h1-2,4-7,10-13,16-17,20-23,29,36H,3,8-9,14-15,18-19,24-26H2/t36-/m1/s1. The fourth-order valence-corrected chi connectivity index (χ4v) is 8.73. The van der Waals surface area contributed by atoms with Crippen molar-refractivity contribution in [2.75, 3.05) is 11.4 Å². The van der Waals surface area contributed by atoms with Crippen LogP contribution in [0.1, 0.15) is 77.3 Å². The Morgan fingerprint density at radius 2 is 1.46 bits per heavy atom. The lowest BCUT2D eigenvalue weighted by atomic mass is 9.87. The predicted octanol–water partition coefficient (Wildman–Crippen LogP) is 8.01. The Morgan fingerprint density at radius 1 is 0.772 bits per heavy atom. The minimum absolute atomic E-state index is 0.0230. The number of sulfonamides is 1. The number of rotatable bonds is 13. The number of amides is 1. The summed E-state index contributed by atoms with van der Waals surface area (Å²) in [5.41, 5.74) is 2.90. The van der Waals surface area contributed by atoms with Crippen LogP contribution in [0.25, 0.3) is 0 Å². The third kappa shape index (κ3) is 8.69. The van der Waals surface area contributed by atoms with E-state index < -0.39 is 56.1 Å². The lowest BCUT2D eigenvalue weighted by molar-refractivity contribution is -0.125. The van der Waals surface area contributed by atoms with Crippen molar-refractivity contribution in [3.63, 3.8) is 0 Å². The molecule has 2 aliphatic rings. The van der Waals surface area contributed by atoms with E-state index in [2.05, 4.69) is 9.97 Å². The van der Waals surface area contributed by atoms with Gasteiger partial charge in [0.05, 0.1) is 24.1 Å². The number of carbonyl (C=O) groups is 2. The zero-order chi connectivity index (χ0) is 40.1. The molecule has 57 heavy (non-hydrogen) atoms. The van der Waals surface area contributed by atoms with Crippen molar-refractivity contribution >= 4 is 27.6 Å². The molecule has 1 aliphatic heterocycles. The first kappa shape index (κ1) is 39.6. The van der Waals surface area contributed by atoms with Gasteiger partial charge >= 0.3 is 5.97 Å². The van der Waals surface area contributed by atoms with Gasteiger partial charge in [-0.05, 0) is 42.5 Å². The number of aromatic nitrogens is 2. The first-order valence-electron chi connectivity index (χ1n) is 18.5. The first-order valence-corrected chi connectivity index (χ1v) is 19.9. The number of nitrogens with zero attached hydrogens (tertiary/aromatic N) is 4. The Morgan fingerprint density at radius 3 is 2.09 bits per heavy atom. The summed E-state index contributed by atoms with van der Waals surface area (Å²) < 4.78 is 97.0. The number of esters is 1. The molecule has 0 spiro atoms. The van der Waals surface area contributed by atoms with Gasteiger partial charge in [-0.1, -0.05) is 79.9 Å². The molecular weight excluding hydrogens is 765 g/mol. The van der Waals surface area contributed by atoms with Crippen LogP contribution in [-0.2, 0) is 39.3 Å². The summed E-state index contributed by atoms with van der Waals surface area (Å²) in [5, 5.41) is 0. The maximum Gasteiger partial charge on any atom is 0.342 e. The topological polar surface area (TPSA) is 119 Å². The quantitative estimate of drug-likeness (QED) is 0.0509. The molecule has 15 heteroatoms. The van der Waals surface area contributed by atoms with Crippen LogP contribution in [0.5, 0.6) is 5.75 Å². The summed E-state index contributed by atoms with van der Waals surface area (Å²) in [7, 11) is -5.18. The van der Waals surface area contributed by atoms with E-state index in [1.54, 1.807) is 18.3 Å². The second kappa shape index (κ2) is 17.2. The van der Waals surface area contributed by atoms with Crippen LogP contribution < -0.4 is 9.64 Å². The number of benzene rings is 4. The number of carbonyl (C=O) groups excluding carboxylic acids is 2. The van der Waals surface area contributed by atoms with Gasteiger partial charge in [0.25, 0.3) is 0 Å². The van der Waals surface area contributed by atoms with Gasteiger partial charge in [0.1, 0.15) is 36.4 Å². The van der Waals surface area contributed by atoms with Crippen molar-refractivity contribution in [1.29, 1.82) is 0 Å². The first-order chi connectivity index (χ1) is 27.5. The molecule has 7 rings (SSSR count). The van der Waals surface area contributed by atoms with Crippen LogP contribution in [0.4, 0.5) is 23.2 Å². The van der Waals surface area contributed by atoms with Gasteiger partial charge in [0, 0.05) is 36.5 Å². The fourth-order valence-electron chi connectivity index (χ4n) is 7.00. The van der Waals surface area contributed by atoms with Gasteiger partial charge in [-0.25, -0.2) is 30.8 Å². The zero-order valence-electron chi connectivity index (χ0n) is 30.6. The van der Waals surface area contributed by atoms with Gasteiger partial charge < -0.3 is 14.4 Å². The highest BCUT2D eigenvalue weighted by Gasteiger charge is 2.47. The molecule has 1 saturated carbocycles. The summed E-state index contributed by atoms with van der Waals surface area (Å²) in [4.78, 5) is 36.7. The molecule has 1 atom stereocenters. The second-order valence-electron chi connectivity index (χ2n) is 13.9. The normalized spacial score (nSPS) is 16.1. The highest BCUT2D eigenvalue weighted by atomic mass is 32.2. The van der Waals surface area contributed by atoms with Crippen molar-refractivity contribution in [3.8, 4) is 5.75 Å². The van der Waals surface area contributed by atoms with Crippen LogP contribution in [0, 0.1) is 23.3 Å². The molecule has 4 aromatic carbocycles. The van der Waals surface area contributed by atoms with Crippen LogP contribution >= 0.6 is 0 Å². The van der Waals surface area contributed by atoms with Gasteiger partial charge in [0.2, 0.25) is 15.9 Å². The Balaban J connectivity index is 1.23. The molecule has 1 aliphatic carbocycles. The lowest BCUT2D eigenvalue weighted by Crippen LogP contribution is -2.59. The van der Waals surface area contributed by atoms with Crippen LogP contribution in [-0.4, -0.2) is 47.2 Å². The van der Waals surface area contributed by atoms with Gasteiger partial charge in [0.15, 0.2) is 22.3 Å². The molecule has 5 aromatic rings. The van der Waals surface area contributed by atoms with E-state index in [1.807, 2.05) is 48.5 Å². The summed E-state index contributed by atoms with van der Waals surface area (Å²) in [5.74, 6) is -9.37. The third-order valence-corrected chi connectivity index (χ3v) is 12.1. The van der Waals surface area contributed by atoms with E-state index in [0.717, 1.165) is 48.9 Å². The Kier molecular flexibility index (Phi) is 12.0. The van der Waals surface area contributed by atoms with Crippen molar-refractivity contribution in [2.24, 2.45) is 0 Å². The molecule has 0 N–H and O–H groups in total. The number of hydrogen-bond donors (Lipinski definition) is 0. The maximum absolute atomic E-state index is 14.8. The molecule has 0 bridgehead atoms. The Hall–Kier alpha value is -5.67. The molecule has 0 radical (unpaired) electrons. The Labute approximate surface area is 327 Å². The molecule has 1 saturated heterocycles.